The number of fused-ring (bicyclic) bond motifs is 1. The Labute approximate surface area is 221 Å². The standard InChI is InChI=1S/C29H34FN3O3S/c1-18(2)13-27(34)33-12-11-20-7-10-23(14-24(20)28(33)21-5-8-22(30)9-6-21)36-16-26-32-25(17-37-26)29(35)31-15-19(3)4/h5-10,14,17-19,28H,11-13,15-16H2,1-4H3,(H,31,35). The van der Waals surface area contributed by atoms with E-state index in [9.17, 15) is 14.0 Å². The first-order valence-corrected chi connectivity index (χ1v) is 13.6. The zero-order valence-corrected chi connectivity index (χ0v) is 22.6. The number of nitrogens with one attached hydrogen (secondary N) is 1. The number of carbonyl (C=O) groups excluding carboxylic acids is 2. The van der Waals surface area contributed by atoms with E-state index in [1.165, 1.54) is 23.5 Å². The van der Waals surface area contributed by atoms with Gasteiger partial charge in [0.15, 0.2) is 0 Å². The van der Waals surface area contributed by atoms with Gasteiger partial charge in [-0.05, 0) is 59.2 Å². The fraction of sp³-hybridized carbons (Fsp3) is 0.414. The number of ether oxygens (including phenoxy) is 1. The highest BCUT2D eigenvalue weighted by Gasteiger charge is 2.32. The van der Waals surface area contributed by atoms with E-state index in [1.807, 2.05) is 50.8 Å². The van der Waals surface area contributed by atoms with Crippen LogP contribution in [0.5, 0.6) is 5.75 Å². The van der Waals surface area contributed by atoms with Crippen LogP contribution < -0.4 is 10.1 Å². The van der Waals surface area contributed by atoms with Gasteiger partial charge in [-0.1, -0.05) is 45.9 Å². The van der Waals surface area contributed by atoms with Gasteiger partial charge in [0.25, 0.3) is 5.91 Å². The van der Waals surface area contributed by atoms with Crippen molar-refractivity contribution in [2.24, 2.45) is 11.8 Å². The van der Waals surface area contributed by atoms with Crippen molar-refractivity contribution in [2.75, 3.05) is 13.1 Å². The maximum Gasteiger partial charge on any atom is 0.270 e. The summed E-state index contributed by atoms with van der Waals surface area (Å²) in [6.45, 7) is 9.60. The lowest BCUT2D eigenvalue weighted by Gasteiger charge is -2.38. The van der Waals surface area contributed by atoms with Crippen molar-refractivity contribution >= 4 is 23.2 Å². The number of hydrogen-bond donors (Lipinski definition) is 1. The van der Waals surface area contributed by atoms with Gasteiger partial charge in [-0.2, -0.15) is 0 Å². The van der Waals surface area contributed by atoms with E-state index in [2.05, 4.69) is 10.3 Å². The molecule has 0 saturated heterocycles. The Morgan fingerprint density at radius 2 is 1.89 bits per heavy atom. The molecule has 0 fully saturated rings. The quantitative estimate of drug-likeness (QED) is 0.387. The van der Waals surface area contributed by atoms with Gasteiger partial charge in [0.05, 0.1) is 6.04 Å². The molecule has 1 N–H and O–H groups in total. The first-order valence-electron chi connectivity index (χ1n) is 12.7. The highest BCUT2D eigenvalue weighted by Crippen LogP contribution is 2.38. The predicted molar refractivity (Wildman–Crippen MR) is 143 cm³/mol. The molecule has 1 aromatic heterocycles. The van der Waals surface area contributed by atoms with Crippen LogP contribution in [0.4, 0.5) is 4.39 Å². The SMILES string of the molecule is CC(C)CNC(=O)c1csc(COc2ccc3c(c2)C(c2ccc(F)cc2)N(C(=O)CC(C)C)CC3)n1. The lowest BCUT2D eigenvalue weighted by atomic mass is 9.87. The molecule has 0 saturated carbocycles. The number of hydrogen-bond acceptors (Lipinski definition) is 5. The molecule has 0 spiro atoms. The minimum Gasteiger partial charge on any atom is -0.486 e. The Kier molecular flexibility index (Phi) is 8.59. The largest absolute Gasteiger partial charge is 0.486 e. The molecule has 0 radical (unpaired) electrons. The van der Waals surface area contributed by atoms with Crippen LogP contribution in [-0.4, -0.2) is 34.8 Å². The number of amides is 2. The van der Waals surface area contributed by atoms with Crippen LogP contribution in [0.15, 0.2) is 47.8 Å². The fourth-order valence-corrected chi connectivity index (χ4v) is 5.12. The molecule has 1 aliphatic rings. The van der Waals surface area contributed by atoms with E-state index in [1.54, 1.807) is 17.5 Å². The van der Waals surface area contributed by atoms with Crippen LogP contribution in [0.3, 0.4) is 0 Å². The Morgan fingerprint density at radius 3 is 2.59 bits per heavy atom. The van der Waals surface area contributed by atoms with Gasteiger partial charge in [-0.15, -0.1) is 11.3 Å². The summed E-state index contributed by atoms with van der Waals surface area (Å²) in [6, 6.07) is 12.0. The number of rotatable bonds is 9. The summed E-state index contributed by atoms with van der Waals surface area (Å²) in [5.74, 6) is 0.867. The summed E-state index contributed by atoms with van der Waals surface area (Å²) in [4.78, 5) is 31.8. The molecule has 37 heavy (non-hydrogen) atoms. The smallest absolute Gasteiger partial charge is 0.270 e. The minimum absolute atomic E-state index is 0.0901. The molecule has 2 heterocycles. The van der Waals surface area contributed by atoms with Crippen molar-refractivity contribution in [3.8, 4) is 5.75 Å². The molecular formula is C29H34FN3O3S. The topological polar surface area (TPSA) is 71.5 Å². The number of thiazole rings is 1. The Morgan fingerprint density at radius 1 is 1.14 bits per heavy atom. The van der Waals surface area contributed by atoms with Crippen molar-refractivity contribution in [2.45, 2.75) is 53.2 Å². The average Bonchev–Trinajstić information content (AvgIpc) is 3.34. The molecule has 8 heteroatoms. The van der Waals surface area contributed by atoms with E-state index in [4.69, 9.17) is 4.74 Å². The van der Waals surface area contributed by atoms with Crippen LogP contribution in [0.2, 0.25) is 0 Å². The van der Waals surface area contributed by atoms with Crippen molar-refractivity contribution in [1.29, 1.82) is 0 Å². The Balaban J connectivity index is 1.54. The normalized spacial score (nSPS) is 15.1. The van der Waals surface area contributed by atoms with Gasteiger partial charge in [0.1, 0.15) is 28.9 Å². The van der Waals surface area contributed by atoms with Crippen LogP contribution in [0.1, 0.15) is 72.3 Å². The Bertz CT molecular complexity index is 1240. The second kappa shape index (κ2) is 11.9. The highest BCUT2D eigenvalue weighted by molar-refractivity contribution is 7.09. The lowest BCUT2D eigenvalue weighted by Crippen LogP contribution is -2.41. The zero-order chi connectivity index (χ0) is 26.5. The monoisotopic (exact) mass is 523 g/mol. The summed E-state index contributed by atoms with van der Waals surface area (Å²) in [6.07, 6.45) is 1.21. The summed E-state index contributed by atoms with van der Waals surface area (Å²) >= 11 is 1.38. The molecule has 1 atom stereocenters. The molecule has 1 aliphatic heterocycles. The summed E-state index contributed by atoms with van der Waals surface area (Å²) in [5.41, 5.74) is 3.40. The number of halogens is 1. The van der Waals surface area contributed by atoms with Crippen LogP contribution in [-0.2, 0) is 17.8 Å². The lowest BCUT2D eigenvalue weighted by molar-refractivity contribution is -0.134. The maximum absolute atomic E-state index is 13.7. The van der Waals surface area contributed by atoms with Crippen molar-refractivity contribution in [1.82, 2.24) is 15.2 Å². The summed E-state index contributed by atoms with van der Waals surface area (Å²) in [5, 5.41) is 5.32. The zero-order valence-electron chi connectivity index (χ0n) is 21.8. The van der Waals surface area contributed by atoms with E-state index < -0.39 is 0 Å². The first kappa shape index (κ1) is 26.8. The van der Waals surface area contributed by atoms with Gasteiger partial charge >= 0.3 is 0 Å². The van der Waals surface area contributed by atoms with Crippen molar-refractivity contribution in [3.05, 3.63) is 81.1 Å². The molecule has 0 bridgehead atoms. The third kappa shape index (κ3) is 6.74. The molecule has 3 aromatic rings. The van der Waals surface area contributed by atoms with Gasteiger partial charge in [0, 0.05) is 24.9 Å². The van der Waals surface area contributed by atoms with E-state index in [0.29, 0.717) is 41.9 Å². The third-order valence-corrected chi connectivity index (χ3v) is 7.07. The molecule has 196 valence electrons. The van der Waals surface area contributed by atoms with E-state index in [-0.39, 0.29) is 36.2 Å². The van der Waals surface area contributed by atoms with Crippen LogP contribution in [0, 0.1) is 17.7 Å². The maximum atomic E-state index is 13.7. The molecule has 2 aromatic carbocycles. The molecule has 0 aliphatic carbocycles. The number of aromatic nitrogens is 1. The van der Waals surface area contributed by atoms with Gasteiger partial charge < -0.3 is 15.0 Å². The molecule has 2 amide bonds. The van der Waals surface area contributed by atoms with Gasteiger partial charge in [-0.3, -0.25) is 9.59 Å². The first-order chi connectivity index (χ1) is 17.7. The van der Waals surface area contributed by atoms with E-state index >= 15 is 0 Å². The van der Waals surface area contributed by atoms with E-state index in [0.717, 1.165) is 23.1 Å². The molecule has 6 nitrogen and oxygen atoms in total. The van der Waals surface area contributed by atoms with Gasteiger partial charge in [-0.25, -0.2) is 9.37 Å². The van der Waals surface area contributed by atoms with Crippen LogP contribution in [0.25, 0.3) is 0 Å². The minimum atomic E-state index is -0.310. The second-order valence-corrected chi connectivity index (χ2v) is 11.2. The second-order valence-electron chi connectivity index (χ2n) is 10.3. The fourth-order valence-electron chi connectivity index (χ4n) is 4.44. The average molecular weight is 524 g/mol. The van der Waals surface area contributed by atoms with Gasteiger partial charge in [0.2, 0.25) is 5.91 Å². The number of nitrogens with zero attached hydrogens (tertiary/aromatic N) is 2. The van der Waals surface area contributed by atoms with Crippen LogP contribution >= 0.6 is 11.3 Å². The summed E-state index contributed by atoms with van der Waals surface area (Å²) < 4.78 is 19.8. The third-order valence-electron chi connectivity index (χ3n) is 6.25. The Hall–Kier alpha value is -3.26. The molecule has 1 unspecified atom stereocenters. The van der Waals surface area contributed by atoms with Crippen molar-refractivity contribution in [3.63, 3.8) is 0 Å². The number of carbonyl (C=O) groups is 2. The highest BCUT2D eigenvalue weighted by atomic mass is 32.1. The predicted octanol–water partition coefficient (Wildman–Crippen LogP) is 5.77. The number of benzene rings is 2. The molecular weight excluding hydrogens is 489 g/mol. The molecule has 4 rings (SSSR count). The summed E-state index contributed by atoms with van der Waals surface area (Å²) in [7, 11) is 0. The van der Waals surface area contributed by atoms with Crippen molar-refractivity contribution < 1.29 is 18.7 Å².